The number of amides is 1. The van der Waals surface area contributed by atoms with E-state index in [0.29, 0.717) is 11.6 Å². The predicted octanol–water partition coefficient (Wildman–Crippen LogP) is 3.95. The highest BCUT2D eigenvalue weighted by molar-refractivity contribution is 5.93. The molecule has 0 saturated carbocycles. The van der Waals surface area contributed by atoms with Crippen LogP contribution in [0.5, 0.6) is 0 Å². The third kappa shape index (κ3) is 6.27. The van der Waals surface area contributed by atoms with Crippen LogP contribution >= 0.6 is 0 Å². The normalized spacial score (nSPS) is 12.1. The number of nitrogens with two attached hydrogens (primary N) is 1. The lowest BCUT2D eigenvalue weighted by atomic mass is 10.1. The van der Waals surface area contributed by atoms with Gasteiger partial charge in [-0.05, 0) is 37.6 Å². The van der Waals surface area contributed by atoms with Crippen LogP contribution in [-0.4, -0.2) is 11.9 Å². The monoisotopic (exact) mass is 262 g/mol. The van der Waals surface area contributed by atoms with E-state index in [1.807, 2.05) is 12.1 Å². The lowest BCUT2D eigenvalue weighted by Crippen LogP contribution is -2.15. The molecule has 0 spiro atoms. The Balaban J connectivity index is 2.27. The molecule has 0 bridgehead atoms. The summed E-state index contributed by atoms with van der Waals surface area (Å²) in [5, 5.41) is 3.45. The van der Waals surface area contributed by atoms with Gasteiger partial charge in [-0.3, -0.25) is 4.79 Å². The molecule has 106 valence electrons. The molecule has 0 heterocycles. The molecule has 0 aliphatic heterocycles. The number of nitrogens with one attached hydrogen (secondary N) is 1. The molecule has 1 aromatic rings. The molecular weight excluding hydrogens is 236 g/mol. The van der Waals surface area contributed by atoms with Crippen LogP contribution in [0.3, 0.4) is 0 Å². The van der Waals surface area contributed by atoms with Gasteiger partial charge in [0.05, 0.1) is 0 Å². The van der Waals surface area contributed by atoms with Crippen LogP contribution in [0.2, 0.25) is 0 Å². The van der Waals surface area contributed by atoms with Gasteiger partial charge in [0.1, 0.15) is 0 Å². The van der Waals surface area contributed by atoms with Gasteiger partial charge in [0.25, 0.3) is 0 Å². The number of carbonyl (C=O) groups is 1. The molecule has 3 heteroatoms. The topological polar surface area (TPSA) is 55.1 Å². The molecule has 19 heavy (non-hydrogen) atoms. The molecule has 1 atom stereocenters. The van der Waals surface area contributed by atoms with Gasteiger partial charge in [-0.25, -0.2) is 0 Å². The standard InChI is InChI=1S/C16H26N2O/c1-3-4-5-6-7-8-13(2)18-15-11-9-14(10-12-15)16(17)19/h9-13,18H,3-8H2,1-2H3,(H2,17,19). The highest BCUT2D eigenvalue weighted by Gasteiger charge is 2.03. The summed E-state index contributed by atoms with van der Waals surface area (Å²) in [5.74, 6) is -0.379. The smallest absolute Gasteiger partial charge is 0.248 e. The molecule has 3 nitrogen and oxygen atoms in total. The molecule has 1 aromatic carbocycles. The lowest BCUT2D eigenvalue weighted by molar-refractivity contribution is 0.100. The van der Waals surface area contributed by atoms with Gasteiger partial charge in [-0.2, -0.15) is 0 Å². The molecule has 0 fully saturated rings. The summed E-state index contributed by atoms with van der Waals surface area (Å²) in [6.45, 7) is 4.43. The Bertz CT molecular complexity index is 373. The van der Waals surface area contributed by atoms with Crippen molar-refractivity contribution in [2.75, 3.05) is 5.32 Å². The minimum atomic E-state index is -0.379. The van der Waals surface area contributed by atoms with Crippen LogP contribution in [0.15, 0.2) is 24.3 Å². The first-order valence-corrected chi connectivity index (χ1v) is 7.30. The van der Waals surface area contributed by atoms with E-state index in [-0.39, 0.29) is 5.91 Å². The first kappa shape index (κ1) is 15.5. The number of anilines is 1. The van der Waals surface area contributed by atoms with E-state index in [0.717, 1.165) is 5.69 Å². The highest BCUT2D eigenvalue weighted by atomic mass is 16.1. The molecule has 0 radical (unpaired) electrons. The Hall–Kier alpha value is -1.51. The van der Waals surface area contributed by atoms with Gasteiger partial charge in [0.2, 0.25) is 5.91 Å². The van der Waals surface area contributed by atoms with E-state index in [4.69, 9.17) is 5.73 Å². The van der Waals surface area contributed by atoms with E-state index in [1.165, 1.54) is 38.5 Å². The van der Waals surface area contributed by atoms with E-state index < -0.39 is 0 Å². The maximum atomic E-state index is 11.0. The number of hydrogen-bond donors (Lipinski definition) is 2. The minimum absolute atomic E-state index is 0.379. The number of rotatable bonds is 9. The lowest BCUT2D eigenvalue weighted by Gasteiger charge is -2.15. The average molecular weight is 262 g/mol. The summed E-state index contributed by atoms with van der Waals surface area (Å²) in [4.78, 5) is 11.0. The second-order valence-electron chi connectivity index (χ2n) is 5.19. The summed E-state index contributed by atoms with van der Waals surface area (Å²) < 4.78 is 0. The Morgan fingerprint density at radius 3 is 2.37 bits per heavy atom. The van der Waals surface area contributed by atoms with Crippen LogP contribution in [0.25, 0.3) is 0 Å². The van der Waals surface area contributed by atoms with E-state index in [1.54, 1.807) is 12.1 Å². The summed E-state index contributed by atoms with van der Waals surface area (Å²) >= 11 is 0. The number of primary amides is 1. The Morgan fingerprint density at radius 2 is 1.79 bits per heavy atom. The zero-order valence-corrected chi connectivity index (χ0v) is 12.1. The van der Waals surface area contributed by atoms with Crippen molar-refractivity contribution in [3.8, 4) is 0 Å². The van der Waals surface area contributed by atoms with Crippen LogP contribution in [0.1, 0.15) is 62.7 Å². The molecule has 0 saturated heterocycles. The first-order chi connectivity index (χ1) is 9.13. The zero-order chi connectivity index (χ0) is 14.1. The fourth-order valence-corrected chi connectivity index (χ4v) is 2.14. The van der Waals surface area contributed by atoms with Crippen molar-refractivity contribution in [1.82, 2.24) is 0 Å². The summed E-state index contributed by atoms with van der Waals surface area (Å²) in [6, 6.07) is 7.81. The molecule has 3 N–H and O–H groups in total. The van der Waals surface area contributed by atoms with E-state index >= 15 is 0 Å². The molecule has 0 aromatic heterocycles. The van der Waals surface area contributed by atoms with Crippen LogP contribution < -0.4 is 11.1 Å². The van der Waals surface area contributed by atoms with Gasteiger partial charge in [0, 0.05) is 17.3 Å². The average Bonchev–Trinajstić information content (AvgIpc) is 2.39. The second-order valence-corrected chi connectivity index (χ2v) is 5.19. The van der Waals surface area contributed by atoms with Crippen LogP contribution in [0, 0.1) is 0 Å². The molecule has 1 unspecified atom stereocenters. The fraction of sp³-hybridized carbons (Fsp3) is 0.562. The van der Waals surface area contributed by atoms with E-state index in [2.05, 4.69) is 19.2 Å². The fourth-order valence-electron chi connectivity index (χ4n) is 2.14. The van der Waals surface area contributed by atoms with Crippen molar-refractivity contribution in [2.24, 2.45) is 5.73 Å². The molecule has 0 aliphatic carbocycles. The molecule has 1 rings (SSSR count). The van der Waals surface area contributed by atoms with Gasteiger partial charge in [-0.1, -0.05) is 39.0 Å². The summed E-state index contributed by atoms with van der Waals surface area (Å²) in [5.41, 5.74) is 6.81. The SMILES string of the molecule is CCCCCCCC(C)Nc1ccc(C(N)=O)cc1. The molecule has 0 aliphatic rings. The third-order valence-corrected chi connectivity index (χ3v) is 3.32. The van der Waals surface area contributed by atoms with Crippen molar-refractivity contribution < 1.29 is 4.79 Å². The van der Waals surface area contributed by atoms with Crippen molar-refractivity contribution in [2.45, 2.75) is 58.4 Å². The second kappa shape index (κ2) is 8.57. The van der Waals surface area contributed by atoms with Crippen molar-refractivity contribution >= 4 is 11.6 Å². The molecular formula is C16H26N2O. The number of carbonyl (C=O) groups excluding carboxylic acids is 1. The number of unbranched alkanes of at least 4 members (excludes halogenated alkanes) is 4. The van der Waals surface area contributed by atoms with Crippen molar-refractivity contribution in [3.05, 3.63) is 29.8 Å². The Kier molecular flexibility index (Phi) is 7.01. The molecule has 1 amide bonds. The largest absolute Gasteiger partial charge is 0.383 e. The predicted molar refractivity (Wildman–Crippen MR) is 81.4 cm³/mol. The number of hydrogen-bond acceptors (Lipinski definition) is 2. The van der Waals surface area contributed by atoms with E-state index in [9.17, 15) is 4.79 Å². The Labute approximate surface area is 116 Å². The number of benzene rings is 1. The van der Waals surface area contributed by atoms with Gasteiger partial charge >= 0.3 is 0 Å². The van der Waals surface area contributed by atoms with Crippen LogP contribution in [-0.2, 0) is 0 Å². The van der Waals surface area contributed by atoms with Crippen LogP contribution in [0.4, 0.5) is 5.69 Å². The van der Waals surface area contributed by atoms with Crippen molar-refractivity contribution in [3.63, 3.8) is 0 Å². The maximum absolute atomic E-state index is 11.0. The first-order valence-electron chi connectivity index (χ1n) is 7.30. The minimum Gasteiger partial charge on any atom is -0.383 e. The van der Waals surface area contributed by atoms with Crippen molar-refractivity contribution in [1.29, 1.82) is 0 Å². The van der Waals surface area contributed by atoms with Gasteiger partial charge in [-0.15, -0.1) is 0 Å². The summed E-state index contributed by atoms with van der Waals surface area (Å²) in [7, 11) is 0. The quantitative estimate of drug-likeness (QED) is 0.662. The zero-order valence-electron chi connectivity index (χ0n) is 12.1. The maximum Gasteiger partial charge on any atom is 0.248 e. The van der Waals surface area contributed by atoms with Gasteiger partial charge in [0.15, 0.2) is 0 Å². The van der Waals surface area contributed by atoms with Gasteiger partial charge < -0.3 is 11.1 Å². The highest BCUT2D eigenvalue weighted by Crippen LogP contribution is 2.14. The third-order valence-electron chi connectivity index (χ3n) is 3.32. The Morgan fingerprint density at radius 1 is 1.16 bits per heavy atom. The summed E-state index contributed by atoms with van der Waals surface area (Å²) in [6.07, 6.45) is 7.75.